The number of rotatable bonds is 6. The zero-order valence-electron chi connectivity index (χ0n) is 12.7. The van der Waals surface area contributed by atoms with Crippen LogP contribution in [-0.2, 0) is 19.6 Å². The third kappa shape index (κ3) is 4.40. The molecule has 21 heavy (non-hydrogen) atoms. The molecule has 0 aromatic carbocycles. The van der Waals surface area contributed by atoms with Gasteiger partial charge in [-0.25, -0.2) is 8.42 Å². The van der Waals surface area contributed by atoms with Gasteiger partial charge >= 0.3 is 0 Å². The Morgan fingerprint density at radius 2 is 1.90 bits per heavy atom. The van der Waals surface area contributed by atoms with Crippen LogP contribution < -0.4 is 5.32 Å². The molecule has 0 spiro atoms. The summed E-state index contributed by atoms with van der Waals surface area (Å²) >= 11 is 0. The van der Waals surface area contributed by atoms with E-state index in [0.717, 1.165) is 32.1 Å². The lowest BCUT2D eigenvalue weighted by molar-refractivity contribution is -0.125. The molecule has 7 heteroatoms. The molecular weight excluding hydrogens is 292 g/mol. The van der Waals surface area contributed by atoms with Crippen molar-refractivity contribution in [2.75, 3.05) is 26.0 Å². The SMILES string of the molecule is COCCS(=O)(=O)N1CCC[C@H]1C(=O)NC1CCCCC1. The molecular formula is C14H26N2O4S. The van der Waals surface area contributed by atoms with Crippen LogP contribution in [0.15, 0.2) is 0 Å². The van der Waals surface area contributed by atoms with Crippen LogP contribution in [0, 0.1) is 0 Å². The summed E-state index contributed by atoms with van der Waals surface area (Å²) < 4.78 is 30.7. The molecule has 2 aliphatic rings. The largest absolute Gasteiger partial charge is 0.384 e. The topological polar surface area (TPSA) is 75.7 Å². The number of carbonyl (C=O) groups is 1. The molecule has 2 fully saturated rings. The number of ether oxygens (including phenoxy) is 1. The minimum atomic E-state index is -3.41. The Labute approximate surface area is 127 Å². The Balaban J connectivity index is 1.95. The van der Waals surface area contributed by atoms with Crippen molar-refractivity contribution in [3.8, 4) is 0 Å². The lowest BCUT2D eigenvalue weighted by Crippen LogP contribution is -2.49. The second kappa shape index (κ2) is 7.56. The van der Waals surface area contributed by atoms with E-state index in [-0.39, 0.29) is 24.3 Å². The number of hydrogen-bond donors (Lipinski definition) is 1. The van der Waals surface area contributed by atoms with E-state index >= 15 is 0 Å². The van der Waals surface area contributed by atoms with E-state index in [0.29, 0.717) is 13.0 Å². The first-order valence-corrected chi connectivity index (χ1v) is 9.44. The van der Waals surface area contributed by atoms with Gasteiger partial charge in [-0.1, -0.05) is 19.3 Å². The number of sulfonamides is 1. The second-order valence-corrected chi connectivity index (χ2v) is 7.96. The lowest BCUT2D eigenvalue weighted by atomic mass is 9.95. The van der Waals surface area contributed by atoms with Crippen LogP contribution in [0.3, 0.4) is 0 Å². The van der Waals surface area contributed by atoms with Crippen molar-refractivity contribution in [2.24, 2.45) is 0 Å². The van der Waals surface area contributed by atoms with Gasteiger partial charge in [-0.2, -0.15) is 4.31 Å². The summed E-state index contributed by atoms with van der Waals surface area (Å²) in [5, 5.41) is 3.04. The number of methoxy groups -OCH3 is 1. The van der Waals surface area contributed by atoms with Crippen LogP contribution in [0.2, 0.25) is 0 Å². The molecule has 2 rings (SSSR count). The van der Waals surface area contributed by atoms with Crippen LogP contribution in [0.4, 0.5) is 0 Å². The highest BCUT2D eigenvalue weighted by molar-refractivity contribution is 7.89. The minimum absolute atomic E-state index is 0.0588. The van der Waals surface area contributed by atoms with Crippen molar-refractivity contribution in [3.05, 3.63) is 0 Å². The predicted molar refractivity (Wildman–Crippen MR) is 80.4 cm³/mol. The van der Waals surface area contributed by atoms with Crippen molar-refractivity contribution in [3.63, 3.8) is 0 Å². The Bertz CT molecular complexity index is 446. The molecule has 1 heterocycles. The fourth-order valence-corrected chi connectivity index (χ4v) is 4.79. The smallest absolute Gasteiger partial charge is 0.238 e. The van der Waals surface area contributed by atoms with Gasteiger partial charge in [-0.3, -0.25) is 4.79 Å². The van der Waals surface area contributed by atoms with Gasteiger partial charge < -0.3 is 10.1 Å². The molecule has 1 amide bonds. The monoisotopic (exact) mass is 318 g/mol. The summed E-state index contributed by atoms with van der Waals surface area (Å²) in [5.74, 6) is -0.183. The van der Waals surface area contributed by atoms with Crippen molar-refractivity contribution in [1.29, 1.82) is 0 Å². The van der Waals surface area contributed by atoms with E-state index in [1.165, 1.54) is 17.8 Å². The van der Waals surface area contributed by atoms with Gasteiger partial charge in [0.15, 0.2) is 0 Å². The molecule has 1 N–H and O–H groups in total. The number of amides is 1. The number of hydrogen-bond acceptors (Lipinski definition) is 4. The maximum Gasteiger partial charge on any atom is 0.238 e. The van der Waals surface area contributed by atoms with Crippen molar-refractivity contribution >= 4 is 15.9 Å². The van der Waals surface area contributed by atoms with Gasteiger partial charge in [-0.15, -0.1) is 0 Å². The molecule has 1 atom stereocenters. The molecule has 1 aliphatic heterocycles. The molecule has 0 aromatic heterocycles. The molecule has 122 valence electrons. The van der Waals surface area contributed by atoms with Crippen LogP contribution in [0.1, 0.15) is 44.9 Å². The summed E-state index contributed by atoms with van der Waals surface area (Å²) in [7, 11) is -1.93. The highest BCUT2D eigenvalue weighted by Crippen LogP contribution is 2.23. The first kappa shape index (κ1) is 16.7. The van der Waals surface area contributed by atoms with Gasteiger partial charge in [-0.05, 0) is 25.7 Å². The number of nitrogens with one attached hydrogen (secondary N) is 1. The van der Waals surface area contributed by atoms with E-state index < -0.39 is 16.1 Å². The maximum atomic E-state index is 12.4. The van der Waals surface area contributed by atoms with E-state index in [1.54, 1.807) is 0 Å². The average Bonchev–Trinajstić information content (AvgIpc) is 2.97. The minimum Gasteiger partial charge on any atom is -0.384 e. The fraction of sp³-hybridized carbons (Fsp3) is 0.929. The van der Waals surface area contributed by atoms with Gasteiger partial charge in [0.05, 0.1) is 12.4 Å². The Kier molecular flexibility index (Phi) is 6.01. The van der Waals surface area contributed by atoms with Gasteiger partial charge in [0.2, 0.25) is 15.9 Å². The molecule has 0 radical (unpaired) electrons. The van der Waals surface area contributed by atoms with Crippen LogP contribution in [0.5, 0.6) is 0 Å². The van der Waals surface area contributed by atoms with Gasteiger partial charge in [0.1, 0.15) is 6.04 Å². The van der Waals surface area contributed by atoms with Crippen LogP contribution >= 0.6 is 0 Å². The lowest BCUT2D eigenvalue weighted by Gasteiger charge is -2.27. The molecule has 1 aliphatic carbocycles. The standard InChI is InChI=1S/C14H26N2O4S/c1-20-10-11-21(18,19)16-9-5-8-13(16)14(17)15-12-6-3-2-4-7-12/h12-13H,2-11H2,1H3,(H,15,17)/t13-/m0/s1. The first-order valence-electron chi connectivity index (χ1n) is 7.83. The maximum absolute atomic E-state index is 12.4. The van der Waals surface area contributed by atoms with E-state index in [4.69, 9.17) is 4.74 Å². The number of carbonyl (C=O) groups excluding carboxylic acids is 1. The summed E-state index contributed by atoms with van der Waals surface area (Å²) in [6.07, 6.45) is 6.90. The van der Waals surface area contributed by atoms with E-state index in [2.05, 4.69) is 5.32 Å². The molecule has 0 aromatic rings. The second-order valence-electron chi connectivity index (χ2n) is 5.92. The first-order chi connectivity index (χ1) is 10.0. The summed E-state index contributed by atoms with van der Waals surface area (Å²) in [6.45, 7) is 0.602. The van der Waals surface area contributed by atoms with Crippen molar-refractivity contribution in [1.82, 2.24) is 9.62 Å². The van der Waals surface area contributed by atoms with Crippen LogP contribution in [-0.4, -0.2) is 56.7 Å². The average molecular weight is 318 g/mol. The van der Waals surface area contributed by atoms with Crippen LogP contribution in [0.25, 0.3) is 0 Å². The fourth-order valence-electron chi connectivity index (χ4n) is 3.19. The highest BCUT2D eigenvalue weighted by atomic mass is 32.2. The quantitative estimate of drug-likeness (QED) is 0.789. The zero-order chi connectivity index (χ0) is 15.3. The Morgan fingerprint density at radius 3 is 2.57 bits per heavy atom. The Hall–Kier alpha value is -0.660. The Morgan fingerprint density at radius 1 is 1.19 bits per heavy atom. The van der Waals surface area contributed by atoms with E-state index in [1.807, 2.05) is 0 Å². The molecule has 0 unspecified atom stereocenters. The summed E-state index contributed by atoms with van der Waals surface area (Å²) in [4.78, 5) is 12.4. The van der Waals surface area contributed by atoms with Gasteiger partial charge in [0, 0.05) is 19.7 Å². The number of nitrogens with zero attached hydrogens (tertiary/aromatic N) is 1. The molecule has 1 saturated heterocycles. The normalized spacial score (nSPS) is 25.1. The highest BCUT2D eigenvalue weighted by Gasteiger charge is 2.38. The van der Waals surface area contributed by atoms with Gasteiger partial charge in [0.25, 0.3) is 0 Å². The third-order valence-electron chi connectivity index (χ3n) is 4.36. The van der Waals surface area contributed by atoms with Crippen molar-refractivity contribution in [2.45, 2.75) is 57.0 Å². The summed E-state index contributed by atoms with van der Waals surface area (Å²) in [5.41, 5.74) is 0. The molecule has 6 nitrogen and oxygen atoms in total. The third-order valence-corrected chi connectivity index (χ3v) is 6.19. The van der Waals surface area contributed by atoms with E-state index in [9.17, 15) is 13.2 Å². The molecule has 0 bridgehead atoms. The van der Waals surface area contributed by atoms with Crippen molar-refractivity contribution < 1.29 is 17.9 Å². The predicted octanol–water partition coefficient (Wildman–Crippen LogP) is 0.876. The molecule has 1 saturated carbocycles. The zero-order valence-corrected chi connectivity index (χ0v) is 13.5. The summed E-state index contributed by atoms with van der Waals surface area (Å²) in [6, 6.07) is -0.316.